The predicted octanol–water partition coefficient (Wildman–Crippen LogP) is 2.96. The summed E-state index contributed by atoms with van der Waals surface area (Å²) < 4.78 is 13.6. The molecule has 0 aromatic heterocycles. The first-order chi connectivity index (χ1) is 11.1. The molecule has 1 amide bonds. The van der Waals surface area contributed by atoms with Gasteiger partial charge in [0.05, 0.1) is 13.2 Å². The SMILES string of the molecule is COCCN(CCOC)Sc1cc2c(cc1Br)CCN2C(C)=O. The molecule has 1 aromatic rings. The second-order valence-corrected chi connectivity index (χ2v) is 7.33. The number of fused-ring (bicyclic) bond motifs is 1. The van der Waals surface area contributed by atoms with Gasteiger partial charge in [0.2, 0.25) is 5.91 Å². The third kappa shape index (κ3) is 4.93. The van der Waals surface area contributed by atoms with Crippen LogP contribution in [-0.4, -0.2) is 57.3 Å². The molecule has 0 bridgehead atoms. The summed E-state index contributed by atoms with van der Waals surface area (Å²) in [6, 6.07) is 4.23. The van der Waals surface area contributed by atoms with Gasteiger partial charge in [-0.2, -0.15) is 0 Å². The summed E-state index contributed by atoms with van der Waals surface area (Å²) in [6.45, 7) is 5.34. The van der Waals surface area contributed by atoms with Gasteiger partial charge in [-0.3, -0.25) is 4.79 Å². The van der Waals surface area contributed by atoms with Crippen LogP contribution in [0.4, 0.5) is 5.69 Å². The molecule has 0 saturated heterocycles. The number of rotatable bonds is 8. The van der Waals surface area contributed by atoms with Crippen molar-refractivity contribution in [2.45, 2.75) is 18.2 Å². The lowest BCUT2D eigenvalue weighted by atomic mass is 10.2. The van der Waals surface area contributed by atoms with E-state index in [4.69, 9.17) is 9.47 Å². The zero-order valence-corrected chi connectivity index (χ0v) is 16.2. The Labute approximate surface area is 150 Å². The molecule has 0 unspecified atom stereocenters. The summed E-state index contributed by atoms with van der Waals surface area (Å²) in [5.74, 6) is 0.0950. The lowest BCUT2D eigenvalue weighted by Crippen LogP contribution is -2.26. The monoisotopic (exact) mass is 402 g/mol. The quantitative estimate of drug-likeness (QED) is 0.625. The smallest absolute Gasteiger partial charge is 0.223 e. The van der Waals surface area contributed by atoms with E-state index in [9.17, 15) is 4.79 Å². The van der Waals surface area contributed by atoms with Crippen molar-refractivity contribution >= 4 is 39.5 Å². The summed E-state index contributed by atoms with van der Waals surface area (Å²) in [7, 11) is 3.41. The van der Waals surface area contributed by atoms with Crippen molar-refractivity contribution in [3.05, 3.63) is 22.2 Å². The molecule has 2 rings (SSSR count). The first-order valence-electron chi connectivity index (χ1n) is 7.58. The number of halogens is 1. The molecule has 1 aliphatic heterocycles. The van der Waals surface area contributed by atoms with Crippen LogP contribution < -0.4 is 4.90 Å². The molecule has 0 radical (unpaired) electrons. The second-order valence-electron chi connectivity index (χ2n) is 5.34. The van der Waals surface area contributed by atoms with Gasteiger partial charge in [-0.1, -0.05) is 0 Å². The van der Waals surface area contributed by atoms with Crippen LogP contribution in [0.2, 0.25) is 0 Å². The Morgan fingerprint density at radius 1 is 1.30 bits per heavy atom. The molecule has 1 heterocycles. The van der Waals surface area contributed by atoms with Crippen LogP contribution >= 0.6 is 27.9 Å². The summed E-state index contributed by atoms with van der Waals surface area (Å²) in [5.41, 5.74) is 2.25. The van der Waals surface area contributed by atoms with Crippen molar-refractivity contribution in [2.24, 2.45) is 0 Å². The highest BCUT2D eigenvalue weighted by Crippen LogP contribution is 2.38. The van der Waals surface area contributed by atoms with Crippen LogP contribution in [0.5, 0.6) is 0 Å². The largest absolute Gasteiger partial charge is 0.383 e. The topological polar surface area (TPSA) is 42.0 Å². The number of ether oxygens (including phenoxy) is 2. The molecule has 5 nitrogen and oxygen atoms in total. The fraction of sp³-hybridized carbons (Fsp3) is 0.562. The zero-order chi connectivity index (χ0) is 16.8. The minimum absolute atomic E-state index is 0.0950. The maximum atomic E-state index is 11.8. The highest BCUT2D eigenvalue weighted by Gasteiger charge is 2.24. The first kappa shape index (κ1) is 18.7. The van der Waals surface area contributed by atoms with Crippen LogP contribution in [0, 0.1) is 0 Å². The van der Waals surface area contributed by atoms with Crippen LogP contribution in [0.25, 0.3) is 0 Å². The van der Waals surface area contributed by atoms with Gasteiger partial charge < -0.3 is 14.4 Å². The predicted molar refractivity (Wildman–Crippen MR) is 97.1 cm³/mol. The number of carbonyl (C=O) groups is 1. The van der Waals surface area contributed by atoms with Gasteiger partial charge >= 0.3 is 0 Å². The van der Waals surface area contributed by atoms with Gasteiger partial charge in [0, 0.05) is 55.8 Å². The Balaban J connectivity index is 2.17. The van der Waals surface area contributed by atoms with Gasteiger partial charge in [0.1, 0.15) is 0 Å². The van der Waals surface area contributed by atoms with E-state index in [1.165, 1.54) is 5.56 Å². The Morgan fingerprint density at radius 2 is 1.96 bits per heavy atom. The van der Waals surface area contributed by atoms with Crippen molar-refractivity contribution in [3.8, 4) is 0 Å². The number of carbonyl (C=O) groups excluding carboxylic acids is 1. The molecule has 7 heteroatoms. The van der Waals surface area contributed by atoms with Crippen LogP contribution in [0.3, 0.4) is 0 Å². The zero-order valence-electron chi connectivity index (χ0n) is 13.8. The minimum Gasteiger partial charge on any atom is -0.383 e. The molecular formula is C16H23BrN2O3S. The third-order valence-corrected chi connectivity index (χ3v) is 5.80. The molecule has 0 atom stereocenters. The number of amides is 1. The molecule has 23 heavy (non-hydrogen) atoms. The van der Waals surface area contributed by atoms with Gasteiger partial charge in [-0.15, -0.1) is 0 Å². The van der Waals surface area contributed by atoms with Crippen molar-refractivity contribution in [1.29, 1.82) is 0 Å². The molecule has 0 saturated carbocycles. The van der Waals surface area contributed by atoms with Gasteiger partial charge in [-0.05, 0) is 52.0 Å². The van der Waals surface area contributed by atoms with E-state index in [1.807, 2.05) is 4.90 Å². The van der Waals surface area contributed by atoms with Crippen LogP contribution in [-0.2, 0) is 20.7 Å². The van der Waals surface area contributed by atoms with Crippen molar-refractivity contribution in [3.63, 3.8) is 0 Å². The Hall–Kier alpha value is -0.600. The molecular weight excluding hydrogens is 380 g/mol. The average molecular weight is 403 g/mol. The summed E-state index contributed by atoms with van der Waals surface area (Å²) in [6.07, 6.45) is 0.912. The van der Waals surface area contributed by atoms with E-state index in [-0.39, 0.29) is 5.91 Å². The van der Waals surface area contributed by atoms with E-state index in [1.54, 1.807) is 33.1 Å². The van der Waals surface area contributed by atoms with E-state index in [2.05, 4.69) is 32.4 Å². The minimum atomic E-state index is 0.0950. The van der Waals surface area contributed by atoms with Crippen molar-refractivity contribution in [2.75, 3.05) is 52.0 Å². The van der Waals surface area contributed by atoms with Crippen LogP contribution in [0.15, 0.2) is 21.5 Å². The number of benzene rings is 1. The number of nitrogens with zero attached hydrogens (tertiary/aromatic N) is 2. The molecule has 0 fully saturated rings. The second kappa shape index (κ2) is 9.03. The standard InChI is InChI=1S/C16H23BrN2O3S/c1-12(20)19-5-4-13-10-14(17)16(11-15(13)19)23-18(6-8-21-2)7-9-22-3/h10-11H,4-9H2,1-3H3. The van der Waals surface area contributed by atoms with Gasteiger partial charge in [0.25, 0.3) is 0 Å². The maximum Gasteiger partial charge on any atom is 0.223 e. The van der Waals surface area contributed by atoms with E-state index in [0.29, 0.717) is 13.2 Å². The third-order valence-electron chi connectivity index (χ3n) is 3.73. The molecule has 0 N–H and O–H groups in total. The van der Waals surface area contributed by atoms with Gasteiger partial charge in [-0.25, -0.2) is 4.31 Å². The van der Waals surface area contributed by atoms with Gasteiger partial charge in [0.15, 0.2) is 0 Å². The van der Waals surface area contributed by atoms with Crippen molar-refractivity contribution < 1.29 is 14.3 Å². The molecule has 0 aliphatic carbocycles. The lowest BCUT2D eigenvalue weighted by molar-refractivity contribution is -0.116. The Kier molecular flexibility index (Phi) is 7.36. The summed E-state index contributed by atoms with van der Waals surface area (Å²) >= 11 is 5.32. The normalized spacial score (nSPS) is 13.7. The average Bonchev–Trinajstić information content (AvgIpc) is 2.92. The molecule has 1 aliphatic rings. The summed E-state index contributed by atoms with van der Waals surface area (Å²) in [4.78, 5) is 14.7. The van der Waals surface area contributed by atoms with Crippen molar-refractivity contribution in [1.82, 2.24) is 4.31 Å². The van der Waals surface area contributed by atoms with E-state index < -0.39 is 0 Å². The maximum absolute atomic E-state index is 11.8. The Morgan fingerprint density at radius 3 is 2.52 bits per heavy atom. The number of methoxy groups -OCH3 is 2. The number of hydrogen-bond acceptors (Lipinski definition) is 5. The Bertz CT molecular complexity index is 548. The summed E-state index contributed by atoms with van der Waals surface area (Å²) in [5, 5.41) is 0. The highest BCUT2D eigenvalue weighted by atomic mass is 79.9. The molecule has 0 spiro atoms. The van der Waals surface area contributed by atoms with Crippen LogP contribution in [0.1, 0.15) is 12.5 Å². The number of anilines is 1. The highest BCUT2D eigenvalue weighted by molar-refractivity contribution is 9.10. The fourth-order valence-electron chi connectivity index (χ4n) is 2.51. The molecule has 128 valence electrons. The lowest BCUT2D eigenvalue weighted by Gasteiger charge is -2.22. The van der Waals surface area contributed by atoms with E-state index >= 15 is 0 Å². The first-order valence-corrected chi connectivity index (χ1v) is 9.14. The molecule has 1 aromatic carbocycles. The number of hydrogen-bond donors (Lipinski definition) is 0. The fourth-order valence-corrected chi connectivity index (χ4v) is 4.04. The van der Waals surface area contributed by atoms with E-state index in [0.717, 1.165) is 41.1 Å².